The van der Waals surface area contributed by atoms with Gasteiger partial charge < -0.3 is 20.6 Å². The van der Waals surface area contributed by atoms with Crippen LogP contribution in [-0.4, -0.2) is 59.6 Å². The van der Waals surface area contributed by atoms with Crippen LogP contribution in [0.1, 0.15) is 27.2 Å². The molecule has 0 aromatic carbocycles. The third kappa shape index (κ3) is 3.68. The van der Waals surface area contributed by atoms with Crippen LogP contribution in [0.25, 0.3) is 0 Å². The lowest BCUT2D eigenvalue weighted by Gasteiger charge is -2.24. The Hall–Kier alpha value is -1.14. The molecule has 1 aliphatic heterocycles. The lowest BCUT2D eigenvalue weighted by Crippen LogP contribution is -2.51. The molecule has 6 nitrogen and oxygen atoms in total. The number of hydrogen-bond acceptors (Lipinski definition) is 4. The maximum Gasteiger partial charge on any atom is 0.244 e. The van der Waals surface area contributed by atoms with E-state index in [1.807, 2.05) is 13.8 Å². The molecule has 6 heteroatoms. The van der Waals surface area contributed by atoms with Crippen molar-refractivity contribution in [3.63, 3.8) is 0 Å². The van der Waals surface area contributed by atoms with Gasteiger partial charge >= 0.3 is 0 Å². The minimum absolute atomic E-state index is 0.0769. The molecule has 0 saturated carbocycles. The molecule has 0 aromatic rings. The van der Waals surface area contributed by atoms with Crippen LogP contribution in [0.4, 0.5) is 0 Å². The zero-order valence-corrected chi connectivity index (χ0v) is 11.3. The van der Waals surface area contributed by atoms with E-state index in [1.54, 1.807) is 11.8 Å². The average molecular weight is 257 g/mol. The summed E-state index contributed by atoms with van der Waals surface area (Å²) in [5, 5.41) is 14.9. The Bertz CT molecular complexity index is 305. The zero-order valence-electron chi connectivity index (χ0n) is 11.3. The smallest absolute Gasteiger partial charge is 0.244 e. The number of nitrogens with one attached hydrogen (secondary N) is 2. The molecule has 0 bridgehead atoms. The van der Waals surface area contributed by atoms with Crippen LogP contribution in [0.3, 0.4) is 0 Å². The fourth-order valence-electron chi connectivity index (χ4n) is 2.10. The van der Waals surface area contributed by atoms with Crippen LogP contribution < -0.4 is 10.6 Å². The highest BCUT2D eigenvalue weighted by atomic mass is 16.3. The van der Waals surface area contributed by atoms with E-state index in [-0.39, 0.29) is 11.8 Å². The second-order valence-corrected chi connectivity index (χ2v) is 4.59. The number of nitrogens with zero attached hydrogens (tertiary/aromatic N) is 1. The summed E-state index contributed by atoms with van der Waals surface area (Å²) in [6, 6.07) is -0.927. The molecule has 3 atom stereocenters. The first-order chi connectivity index (χ1) is 8.49. The second-order valence-electron chi connectivity index (χ2n) is 4.59. The maximum absolute atomic E-state index is 12.0. The lowest BCUT2D eigenvalue weighted by atomic mass is 10.1. The number of hydrogen-bond donors (Lipinski definition) is 3. The third-order valence-electron chi connectivity index (χ3n) is 3.23. The molecule has 3 N–H and O–H groups in total. The number of rotatable bonds is 5. The maximum atomic E-state index is 12.0. The van der Waals surface area contributed by atoms with E-state index in [1.165, 1.54) is 0 Å². The van der Waals surface area contributed by atoms with Gasteiger partial charge in [-0.1, -0.05) is 0 Å². The minimum atomic E-state index is -0.531. The average Bonchev–Trinajstić information content (AvgIpc) is 2.77. The number of aliphatic hydroxyl groups excluding tert-OH is 1. The van der Waals surface area contributed by atoms with E-state index in [2.05, 4.69) is 10.6 Å². The number of carbonyl (C=O) groups excluding carboxylic acids is 2. The Balaban J connectivity index is 2.46. The summed E-state index contributed by atoms with van der Waals surface area (Å²) in [6.07, 6.45) is -0.0765. The summed E-state index contributed by atoms with van der Waals surface area (Å²) in [4.78, 5) is 25.5. The third-order valence-corrected chi connectivity index (χ3v) is 3.23. The van der Waals surface area contributed by atoms with Gasteiger partial charge in [-0.15, -0.1) is 0 Å². The highest BCUT2D eigenvalue weighted by Crippen LogP contribution is 2.06. The summed E-state index contributed by atoms with van der Waals surface area (Å²) in [5.41, 5.74) is 0. The Morgan fingerprint density at radius 3 is 2.50 bits per heavy atom. The lowest BCUT2D eigenvalue weighted by molar-refractivity contribution is -0.136. The molecule has 1 rings (SSSR count). The summed E-state index contributed by atoms with van der Waals surface area (Å²) in [5.74, 6) is -0.300. The van der Waals surface area contributed by atoms with E-state index >= 15 is 0 Å². The highest BCUT2D eigenvalue weighted by Gasteiger charge is 2.30. The Morgan fingerprint density at radius 1 is 1.44 bits per heavy atom. The van der Waals surface area contributed by atoms with Gasteiger partial charge in [-0.25, -0.2) is 0 Å². The van der Waals surface area contributed by atoms with Gasteiger partial charge in [0, 0.05) is 19.6 Å². The number of amides is 2. The van der Waals surface area contributed by atoms with Crippen LogP contribution in [0.5, 0.6) is 0 Å². The summed E-state index contributed by atoms with van der Waals surface area (Å²) in [7, 11) is 0. The van der Waals surface area contributed by atoms with Crippen molar-refractivity contribution in [1.29, 1.82) is 0 Å². The van der Waals surface area contributed by atoms with E-state index < -0.39 is 18.2 Å². The van der Waals surface area contributed by atoms with Crippen molar-refractivity contribution in [3.8, 4) is 0 Å². The number of likely N-dealkylation sites (N-methyl/N-ethyl adjacent to an activating group) is 1. The standard InChI is InChI=1S/C12H23N3O3/c1-4-15(5-2)12(18)8(3)14-11(17)10-6-9(16)7-13-10/h8-10,13,16H,4-7H2,1-3H3,(H,14,17). The molecule has 1 fully saturated rings. The Labute approximate surface area is 108 Å². The molecule has 2 amide bonds. The van der Waals surface area contributed by atoms with Crippen molar-refractivity contribution in [3.05, 3.63) is 0 Å². The summed E-state index contributed by atoms with van der Waals surface area (Å²) in [6.45, 7) is 7.20. The van der Waals surface area contributed by atoms with Crippen molar-refractivity contribution in [2.24, 2.45) is 0 Å². The number of carbonyl (C=O) groups is 2. The van der Waals surface area contributed by atoms with Crippen molar-refractivity contribution >= 4 is 11.8 Å². The van der Waals surface area contributed by atoms with E-state index in [0.29, 0.717) is 26.1 Å². The first kappa shape index (κ1) is 14.9. The molecule has 3 unspecified atom stereocenters. The van der Waals surface area contributed by atoms with Crippen LogP contribution in [0.2, 0.25) is 0 Å². The fraction of sp³-hybridized carbons (Fsp3) is 0.833. The van der Waals surface area contributed by atoms with Crippen LogP contribution in [-0.2, 0) is 9.59 Å². The van der Waals surface area contributed by atoms with Crippen molar-refractivity contribution in [2.45, 2.75) is 45.4 Å². The van der Waals surface area contributed by atoms with Crippen LogP contribution in [0.15, 0.2) is 0 Å². The summed E-state index contributed by atoms with van der Waals surface area (Å²) >= 11 is 0. The van der Waals surface area contributed by atoms with Crippen LogP contribution >= 0.6 is 0 Å². The zero-order chi connectivity index (χ0) is 13.7. The molecule has 0 aliphatic carbocycles. The molecular weight excluding hydrogens is 234 g/mol. The normalized spacial score (nSPS) is 24.7. The minimum Gasteiger partial charge on any atom is -0.392 e. The van der Waals surface area contributed by atoms with Gasteiger partial charge in [0.2, 0.25) is 11.8 Å². The van der Waals surface area contributed by atoms with Gasteiger partial charge in [0.1, 0.15) is 6.04 Å². The predicted molar refractivity (Wildman–Crippen MR) is 67.9 cm³/mol. The Kier molecular flexibility index (Phi) is 5.55. The first-order valence-corrected chi connectivity index (χ1v) is 6.50. The van der Waals surface area contributed by atoms with Crippen molar-refractivity contribution in [2.75, 3.05) is 19.6 Å². The van der Waals surface area contributed by atoms with Gasteiger partial charge in [0.05, 0.1) is 12.1 Å². The first-order valence-electron chi connectivity index (χ1n) is 6.50. The summed E-state index contributed by atoms with van der Waals surface area (Å²) < 4.78 is 0. The topological polar surface area (TPSA) is 81.7 Å². The monoisotopic (exact) mass is 257 g/mol. The van der Waals surface area contributed by atoms with Gasteiger partial charge in [0.25, 0.3) is 0 Å². The number of aliphatic hydroxyl groups is 1. The largest absolute Gasteiger partial charge is 0.392 e. The van der Waals surface area contributed by atoms with Gasteiger partial charge in [-0.3, -0.25) is 9.59 Å². The van der Waals surface area contributed by atoms with Crippen molar-refractivity contribution in [1.82, 2.24) is 15.5 Å². The molecule has 0 aromatic heterocycles. The van der Waals surface area contributed by atoms with E-state index in [9.17, 15) is 14.7 Å². The fourth-order valence-corrected chi connectivity index (χ4v) is 2.10. The van der Waals surface area contributed by atoms with Gasteiger partial charge in [0.15, 0.2) is 0 Å². The molecule has 104 valence electrons. The molecule has 1 saturated heterocycles. The SMILES string of the molecule is CCN(CC)C(=O)C(C)NC(=O)C1CC(O)CN1. The van der Waals surface area contributed by atoms with E-state index in [0.717, 1.165) is 0 Å². The second kappa shape index (κ2) is 6.70. The molecule has 0 spiro atoms. The molecule has 1 aliphatic rings. The molecule has 0 radical (unpaired) electrons. The predicted octanol–water partition coefficient (Wildman–Crippen LogP) is -0.918. The van der Waals surface area contributed by atoms with E-state index in [4.69, 9.17) is 0 Å². The molecule has 1 heterocycles. The van der Waals surface area contributed by atoms with Crippen LogP contribution in [0, 0.1) is 0 Å². The van der Waals surface area contributed by atoms with Gasteiger partial charge in [-0.05, 0) is 27.2 Å². The molecular formula is C12H23N3O3. The quantitative estimate of drug-likeness (QED) is 0.595. The van der Waals surface area contributed by atoms with Gasteiger partial charge in [-0.2, -0.15) is 0 Å². The number of β-amino-alcohol motifs (C(OH)–C–C–N with tert-alkyl or cyclic N) is 1. The highest BCUT2D eigenvalue weighted by molar-refractivity contribution is 5.89. The van der Waals surface area contributed by atoms with Crippen molar-refractivity contribution < 1.29 is 14.7 Å². The Morgan fingerprint density at radius 2 is 2.06 bits per heavy atom. The molecule has 18 heavy (non-hydrogen) atoms.